The molecule has 2 N–H and O–H groups in total. The van der Waals surface area contributed by atoms with E-state index in [4.69, 9.17) is 4.74 Å². The number of anilines is 1. The lowest BCUT2D eigenvalue weighted by Crippen LogP contribution is -2.29. The van der Waals surface area contributed by atoms with Gasteiger partial charge in [0.2, 0.25) is 0 Å². The summed E-state index contributed by atoms with van der Waals surface area (Å²) < 4.78 is 37.0. The van der Waals surface area contributed by atoms with Gasteiger partial charge in [-0.2, -0.15) is 9.78 Å². The van der Waals surface area contributed by atoms with E-state index in [9.17, 15) is 14.0 Å². The van der Waals surface area contributed by atoms with Gasteiger partial charge in [0.15, 0.2) is 17.4 Å². The van der Waals surface area contributed by atoms with Gasteiger partial charge in [-0.1, -0.05) is 0 Å². The molecular formula is C27H18F2N8O3. The van der Waals surface area contributed by atoms with Gasteiger partial charge in [0.25, 0.3) is 11.5 Å². The summed E-state index contributed by atoms with van der Waals surface area (Å²) in [5.41, 5.74) is 1.16. The monoisotopic (exact) mass is 540 g/mol. The van der Waals surface area contributed by atoms with Crippen LogP contribution in [0.25, 0.3) is 28.5 Å². The van der Waals surface area contributed by atoms with Crippen molar-refractivity contribution >= 4 is 11.6 Å². The highest BCUT2D eigenvalue weighted by Crippen LogP contribution is 2.39. The molecule has 0 saturated carbocycles. The lowest BCUT2D eigenvalue weighted by molar-refractivity contribution is 0.102. The maximum Gasteiger partial charge on any atom is 0.284 e. The van der Waals surface area contributed by atoms with E-state index in [1.807, 2.05) is 7.05 Å². The molecule has 4 aromatic rings. The molecule has 2 aromatic carbocycles. The third-order valence-corrected chi connectivity index (χ3v) is 6.06. The van der Waals surface area contributed by atoms with Gasteiger partial charge in [-0.25, -0.2) is 13.8 Å². The summed E-state index contributed by atoms with van der Waals surface area (Å²) in [5, 5.41) is 14.8. The molecule has 2 aliphatic heterocycles. The largest absolute Gasteiger partial charge is 0.453 e. The number of aromatic nitrogens is 7. The van der Waals surface area contributed by atoms with Gasteiger partial charge in [-0.05, 0) is 48.5 Å². The van der Waals surface area contributed by atoms with E-state index in [-0.39, 0.29) is 22.7 Å². The number of carbonyl (C=O) groups excluding carboxylic acids is 1. The summed E-state index contributed by atoms with van der Waals surface area (Å²) in [6.07, 6.45) is 6.12. The third-order valence-electron chi connectivity index (χ3n) is 6.06. The molecule has 0 saturated heterocycles. The molecule has 13 heteroatoms. The zero-order chi connectivity index (χ0) is 27.8. The second kappa shape index (κ2) is 9.87. The van der Waals surface area contributed by atoms with Crippen LogP contribution in [-0.4, -0.2) is 40.4 Å². The van der Waals surface area contributed by atoms with E-state index in [0.717, 1.165) is 10.7 Å². The minimum absolute atomic E-state index is 0.0955. The quantitative estimate of drug-likeness (QED) is 0.324. The first-order valence-corrected chi connectivity index (χ1v) is 11.8. The Hall–Kier alpha value is -5.72. The number of H-pyrrole nitrogens is 1. The fourth-order valence-electron chi connectivity index (χ4n) is 4.11. The number of amides is 1. The third kappa shape index (κ3) is 4.45. The number of aromatic amines is 1. The van der Waals surface area contributed by atoms with Crippen LogP contribution < -0.4 is 15.6 Å². The van der Waals surface area contributed by atoms with Gasteiger partial charge in [-0.3, -0.25) is 9.59 Å². The van der Waals surface area contributed by atoms with Crippen LogP contribution in [-0.2, 0) is 7.05 Å². The lowest BCUT2D eigenvalue weighted by atomic mass is 10.1. The van der Waals surface area contributed by atoms with Crippen LogP contribution in [0.5, 0.6) is 11.5 Å². The molecule has 0 aliphatic carbocycles. The molecular weight excluding hydrogens is 522 g/mol. The average Bonchev–Trinajstić information content (AvgIpc) is 3.57. The van der Waals surface area contributed by atoms with E-state index >= 15 is 4.39 Å². The smallest absolute Gasteiger partial charge is 0.284 e. The van der Waals surface area contributed by atoms with Crippen molar-refractivity contribution in [1.82, 2.24) is 34.5 Å². The number of aryl methyl sites for hydroxylation is 1. The Morgan fingerprint density at radius 3 is 2.60 bits per heavy atom. The highest BCUT2D eigenvalue weighted by atomic mass is 19.1. The van der Waals surface area contributed by atoms with Crippen molar-refractivity contribution in [2.75, 3.05) is 5.32 Å². The van der Waals surface area contributed by atoms with Crippen LogP contribution in [0.4, 0.5) is 14.5 Å². The molecule has 0 bridgehead atoms. The zero-order valence-corrected chi connectivity index (χ0v) is 20.7. The van der Waals surface area contributed by atoms with Gasteiger partial charge in [0.1, 0.15) is 22.8 Å². The fourth-order valence-corrected chi connectivity index (χ4v) is 4.11. The number of hydrogen-bond acceptors (Lipinski definition) is 7. The van der Waals surface area contributed by atoms with Gasteiger partial charge in [0.05, 0.1) is 29.5 Å². The number of hydrogen-bond donors (Lipinski definition) is 2. The number of carbonyl (C=O) groups is 1. The average molecular weight is 540 g/mol. The Labute approximate surface area is 224 Å². The van der Waals surface area contributed by atoms with E-state index in [1.165, 1.54) is 48.7 Å². The Balaban J connectivity index is 1.25. The molecule has 6 rings (SSSR count). The first-order valence-electron chi connectivity index (χ1n) is 11.8. The number of nitrogens with zero attached hydrogens (tertiary/aromatic N) is 6. The van der Waals surface area contributed by atoms with E-state index in [0.29, 0.717) is 28.5 Å². The molecule has 0 fully saturated rings. The molecule has 0 atom stereocenters. The molecule has 0 unspecified atom stereocenters. The number of benzene rings is 2. The summed E-state index contributed by atoms with van der Waals surface area (Å²) >= 11 is 0. The minimum atomic E-state index is -0.772. The highest BCUT2D eigenvalue weighted by Gasteiger charge is 2.23. The summed E-state index contributed by atoms with van der Waals surface area (Å²) in [7, 11) is 1.81. The van der Waals surface area contributed by atoms with Gasteiger partial charge in [0, 0.05) is 31.2 Å². The topological polar surface area (TPSA) is 133 Å². The molecule has 11 nitrogen and oxygen atoms in total. The first kappa shape index (κ1) is 24.6. The predicted molar refractivity (Wildman–Crippen MR) is 139 cm³/mol. The minimum Gasteiger partial charge on any atom is -0.453 e. The Morgan fingerprint density at radius 1 is 1.02 bits per heavy atom. The van der Waals surface area contributed by atoms with Crippen molar-refractivity contribution in [3.63, 3.8) is 0 Å². The number of ether oxygens (including phenoxy) is 1. The molecule has 2 aromatic heterocycles. The number of imidazole rings is 1. The Morgan fingerprint density at radius 2 is 1.85 bits per heavy atom. The first-order chi connectivity index (χ1) is 19.4. The summed E-state index contributed by atoms with van der Waals surface area (Å²) in [6, 6.07) is 11.8. The Kier molecular flexibility index (Phi) is 6.07. The van der Waals surface area contributed by atoms with Crippen LogP contribution in [0.1, 0.15) is 10.4 Å². The van der Waals surface area contributed by atoms with Crippen molar-refractivity contribution in [2.45, 2.75) is 0 Å². The van der Waals surface area contributed by atoms with Crippen LogP contribution in [0.15, 0.2) is 84.3 Å². The molecule has 198 valence electrons. The van der Waals surface area contributed by atoms with E-state index in [1.54, 1.807) is 29.4 Å². The molecule has 1 amide bonds. The lowest BCUT2D eigenvalue weighted by Gasteiger charge is -2.13. The zero-order valence-electron chi connectivity index (χ0n) is 20.7. The van der Waals surface area contributed by atoms with Gasteiger partial charge >= 0.3 is 0 Å². The van der Waals surface area contributed by atoms with Crippen molar-refractivity contribution < 1.29 is 18.3 Å². The van der Waals surface area contributed by atoms with Crippen LogP contribution >= 0.6 is 0 Å². The maximum absolute atomic E-state index is 15.1. The molecule has 2 aliphatic rings. The van der Waals surface area contributed by atoms with E-state index in [2.05, 4.69) is 30.6 Å². The standard InChI is InChI=1S/C27H18F2N8O3/c1-36-14-30-13-20(36)24-23-22(9-10-31-25(23)35-34-24)40-21-7-4-16(12-19(21)29)33-26(38)18-8-11-32-37(27(18)39)17-5-2-15(28)3-6-17/h2-14H,1H3,(H,33,38)(H,31,34,35). The normalized spacial score (nSPS) is 11.1. The van der Waals surface area contributed by atoms with Crippen molar-refractivity contribution in [2.24, 2.45) is 7.05 Å². The number of rotatable bonds is 6. The van der Waals surface area contributed by atoms with E-state index < -0.39 is 23.1 Å². The SMILES string of the molecule is Cn1cncc1-c1nnc2[nH]ccc(Oc3ccc(NC(=O)c4ccnn(-c5ccc(F)cc5)c4=O)cc3F)c1-2. The van der Waals surface area contributed by atoms with Crippen LogP contribution in [0.2, 0.25) is 0 Å². The summed E-state index contributed by atoms with van der Waals surface area (Å²) in [5.74, 6) is -1.36. The number of nitrogens with one attached hydrogen (secondary N) is 2. The van der Waals surface area contributed by atoms with Crippen molar-refractivity contribution in [1.29, 1.82) is 0 Å². The second-order valence-corrected chi connectivity index (χ2v) is 8.64. The molecule has 4 heterocycles. The van der Waals surface area contributed by atoms with Crippen LogP contribution in [0.3, 0.4) is 0 Å². The number of fused-ring (bicyclic) bond motifs is 1. The predicted octanol–water partition coefficient (Wildman–Crippen LogP) is 4.18. The van der Waals surface area contributed by atoms with Crippen molar-refractivity contribution in [3.05, 3.63) is 107 Å². The molecule has 40 heavy (non-hydrogen) atoms. The summed E-state index contributed by atoms with van der Waals surface area (Å²) in [6.45, 7) is 0. The van der Waals surface area contributed by atoms with Gasteiger partial charge < -0.3 is 19.6 Å². The molecule has 0 radical (unpaired) electrons. The van der Waals surface area contributed by atoms with Crippen LogP contribution in [0, 0.1) is 11.6 Å². The summed E-state index contributed by atoms with van der Waals surface area (Å²) in [4.78, 5) is 32.8. The Bertz CT molecular complexity index is 1890. The number of pyridine rings is 1. The molecule has 0 spiro atoms. The number of halogens is 2. The fraction of sp³-hybridized carbons (Fsp3) is 0.0370. The van der Waals surface area contributed by atoms with Crippen molar-refractivity contribution in [3.8, 4) is 40.0 Å². The maximum atomic E-state index is 15.1. The second-order valence-electron chi connectivity index (χ2n) is 8.64. The highest BCUT2D eigenvalue weighted by molar-refractivity contribution is 6.04. The van der Waals surface area contributed by atoms with Gasteiger partial charge in [-0.15, -0.1) is 10.2 Å².